The van der Waals surface area contributed by atoms with Crippen molar-refractivity contribution >= 4 is 55.3 Å². The summed E-state index contributed by atoms with van der Waals surface area (Å²) in [4.78, 5) is 42.5. The Kier molecular flexibility index (Phi) is 4.93. The third kappa shape index (κ3) is 2.77. The molecule has 1 aliphatic heterocycles. The third-order valence-corrected chi connectivity index (χ3v) is 9.99. The topological polar surface area (TPSA) is 63.7 Å². The van der Waals surface area contributed by atoms with Crippen LogP contribution in [-0.2, 0) is 23.0 Å². The molecule has 7 heteroatoms. The minimum atomic E-state index is -0.880. The number of carbonyl (C=O) groups is 3. The highest BCUT2D eigenvalue weighted by Gasteiger charge is 2.72. The van der Waals surface area contributed by atoms with Gasteiger partial charge in [0.25, 0.3) is 0 Å². The van der Waals surface area contributed by atoms with Crippen molar-refractivity contribution < 1.29 is 19.1 Å². The van der Waals surface area contributed by atoms with E-state index >= 15 is 0 Å². The molecule has 5 nitrogen and oxygen atoms in total. The first kappa shape index (κ1) is 22.7. The van der Waals surface area contributed by atoms with Gasteiger partial charge in [-0.1, -0.05) is 92.5 Å². The number of para-hydroxylation sites is 1. The summed E-state index contributed by atoms with van der Waals surface area (Å²) in [5, 5.41) is 0. The van der Waals surface area contributed by atoms with Crippen molar-refractivity contribution in [3.05, 3.63) is 101 Å². The average Bonchev–Trinajstić information content (AvgIpc) is 3.13. The smallest absolute Gasteiger partial charge is 0.340 e. The van der Waals surface area contributed by atoms with Crippen LogP contribution in [0.25, 0.3) is 0 Å². The molecule has 176 valence electrons. The van der Waals surface area contributed by atoms with Gasteiger partial charge in [-0.25, -0.2) is 9.69 Å². The number of halogens is 2. The molecule has 0 spiro atoms. The summed E-state index contributed by atoms with van der Waals surface area (Å²) in [6.07, 6.45) is -0.334. The number of esters is 1. The van der Waals surface area contributed by atoms with E-state index in [4.69, 9.17) is 4.74 Å². The monoisotopic (exact) mass is 593 g/mol. The fourth-order valence-electron chi connectivity index (χ4n) is 6.02. The van der Waals surface area contributed by atoms with Crippen LogP contribution in [0.4, 0.5) is 5.69 Å². The Balaban J connectivity index is 1.58. The van der Waals surface area contributed by atoms with E-state index in [9.17, 15) is 14.4 Å². The zero-order valence-electron chi connectivity index (χ0n) is 19.0. The molecular formula is C28H21Br2NO4. The highest BCUT2D eigenvalue weighted by atomic mass is 79.9. The Morgan fingerprint density at radius 1 is 0.771 bits per heavy atom. The molecular weight excluding hydrogens is 574 g/mol. The molecule has 2 amide bonds. The number of carbonyl (C=O) groups excluding carboxylic acids is 3. The van der Waals surface area contributed by atoms with Gasteiger partial charge in [0, 0.05) is 0 Å². The molecule has 0 aromatic heterocycles. The molecule has 0 saturated carbocycles. The molecule has 3 aromatic rings. The predicted octanol–water partition coefficient (Wildman–Crippen LogP) is 5.66. The van der Waals surface area contributed by atoms with Crippen LogP contribution in [0, 0.1) is 11.8 Å². The number of ether oxygens (including phenoxy) is 1. The van der Waals surface area contributed by atoms with Crippen LogP contribution in [0.2, 0.25) is 0 Å². The van der Waals surface area contributed by atoms with Crippen molar-refractivity contribution in [2.24, 2.45) is 11.8 Å². The molecule has 3 aliphatic carbocycles. The number of nitrogens with zero attached hydrogens (tertiary/aromatic N) is 1. The predicted molar refractivity (Wildman–Crippen MR) is 139 cm³/mol. The van der Waals surface area contributed by atoms with E-state index in [0.29, 0.717) is 0 Å². The first-order chi connectivity index (χ1) is 16.7. The van der Waals surface area contributed by atoms with E-state index in [1.807, 2.05) is 48.5 Å². The van der Waals surface area contributed by atoms with E-state index < -0.39 is 26.5 Å². The molecule has 0 unspecified atom stereocenters. The van der Waals surface area contributed by atoms with Crippen LogP contribution < -0.4 is 4.90 Å². The molecule has 0 N–H and O–H groups in total. The second-order valence-electron chi connectivity index (χ2n) is 9.45. The summed E-state index contributed by atoms with van der Waals surface area (Å²) in [6, 6.07) is 22.5. The maximum atomic E-state index is 14.2. The minimum Gasteiger partial charge on any atom is -0.459 e. The van der Waals surface area contributed by atoms with Crippen molar-refractivity contribution in [2.45, 2.75) is 28.6 Å². The SMILES string of the molecule is CC(C)OC(=O)c1ccccc1N1C(=O)[C@@H]2[C@@H](C1=O)C1(Br)c3ccccc3C2(Br)c2ccccc21. The van der Waals surface area contributed by atoms with Crippen LogP contribution in [-0.4, -0.2) is 23.9 Å². The van der Waals surface area contributed by atoms with Gasteiger partial charge in [-0.05, 0) is 48.2 Å². The molecule has 1 saturated heterocycles. The van der Waals surface area contributed by atoms with Gasteiger partial charge in [0.1, 0.15) is 0 Å². The van der Waals surface area contributed by atoms with E-state index in [1.165, 1.54) is 4.90 Å². The molecule has 2 bridgehead atoms. The van der Waals surface area contributed by atoms with Crippen molar-refractivity contribution in [2.75, 3.05) is 4.90 Å². The third-order valence-electron chi connectivity index (χ3n) is 7.29. The van der Waals surface area contributed by atoms with Gasteiger partial charge >= 0.3 is 5.97 Å². The minimum absolute atomic E-state index is 0.191. The lowest BCUT2D eigenvalue weighted by atomic mass is 9.54. The highest BCUT2D eigenvalue weighted by molar-refractivity contribution is 9.10. The number of rotatable bonds is 3. The quantitative estimate of drug-likeness (QED) is 0.223. The van der Waals surface area contributed by atoms with Gasteiger partial charge in [0.05, 0.1) is 37.8 Å². The van der Waals surface area contributed by atoms with Crippen molar-refractivity contribution in [3.63, 3.8) is 0 Å². The van der Waals surface area contributed by atoms with Crippen LogP contribution in [0.3, 0.4) is 0 Å². The summed E-state index contributed by atoms with van der Waals surface area (Å²) in [7, 11) is 0. The van der Waals surface area contributed by atoms with Crippen molar-refractivity contribution in [3.8, 4) is 0 Å². The zero-order chi connectivity index (χ0) is 24.7. The normalized spacial score (nSPS) is 28.1. The lowest BCUT2D eigenvalue weighted by Gasteiger charge is -2.55. The van der Waals surface area contributed by atoms with E-state index in [2.05, 4.69) is 31.9 Å². The Bertz CT molecular complexity index is 1310. The summed E-state index contributed by atoms with van der Waals surface area (Å²) >= 11 is 7.99. The molecule has 1 heterocycles. The van der Waals surface area contributed by atoms with Gasteiger partial charge < -0.3 is 4.74 Å². The Morgan fingerprint density at radius 3 is 1.60 bits per heavy atom. The summed E-state index contributed by atoms with van der Waals surface area (Å²) in [6.45, 7) is 3.52. The second kappa shape index (κ2) is 7.61. The zero-order valence-corrected chi connectivity index (χ0v) is 22.2. The largest absolute Gasteiger partial charge is 0.459 e. The van der Waals surface area contributed by atoms with Crippen LogP contribution in [0.15, 0.2) is 72.8 Å². The highest BCUT2D eigenvalue weighted by Crippen LogP contribution is 2.70. The van der Waals surface area contributed by atoms with Crippen LogP contribution in [0.1, 0.15) is 46.5 Å². The Morgan fingerprint density at radius 2 is 1.17 bits per heavy atom. The van der Waals surface area contributed by atoms with Gasteiger partial charge in [-0.2, -0.15) is 0 Å². The number of hydrogen-bond donors (Lipinski definition) is 0. The number of imide groups is 1. The lowest BCUT2D eigenvalue weighted by molar-refractivity contribution is -0.122. The molecule has 1 fully saturated rings. The second-order valence-corrected chi connectivity index (χ2v) is 12.0. The number of benzene rings is 3. The van der Waals surface area contributed by atoms with Gasteiger partial charge in [-0.3, -0.25) is 9.59 Å². The number of amides is 2. The molecule has 0 radical (unpaired) electrons. The molecule has 3 aromatic carbocycles. The fourth-order valence-corrected chi connectivity index (χ4v) is 8.33. The first-order valence-corrected chi connectivity index (χ1v) is 13.1. The van der Waals surface area contributed by atoms with E-state index in [1.54, 1.807) is 38.1 Å². The van der Waals surface area contributed by atoms with Crippen LogP contribution in [0.5, 0.6) is 0 Å². The maximum absolute atomic E-state index is 14.2. The Labute approximate surface area is 219 Å². The van der Waals surface area contributed by atoms with Gasteiger partial charge in [-0.15, -0.1) is 0 Å². The van der Waals surface area contributed by atoms with Crippen molar-refractivity contribution in [1.29, 1.82) is 0 Å². The molecule has 2 atom stereocenters. The fraction of sp³-hybridized carbons (Fsp3) is 0.250. The average molecular weight is 595 g/mol. The maximum Gasteiger partial charge on any atom is 0.340 e. The van der Waals surface area contributed by atoms with E-state index in [-0.39, 0.29) is 29.2 Å². The molecule has 4 aliphatic rings. The summed E-state index contributed by atoms with van der Waals surface area (Å²) in [5.41, 5.74) is 4.30. The Hall–Kier alpha value is -2.77. The molecule has 35 heavy (non-hydrogen) atoms. The van der Waals surface area contributed by atoms with Crippen LogP contribution >= 0.6 is 31.9 Å². The van der Waals surface area contributed by atoms with Gasteiger partial charge in [0.15, 0.2) is 0 Å². The summed E-state index contributed by atoms with van der Waals surface area (Å²) in [5.74, 6) is -2.64. The molecule has 7 rings (SSSR count). The summed E-state index contributed by atoms with van der Waals surface area (Å²) < 4.78 is 3.66. The number of alkyl halides is 2. The lowest BCUT2D eigenvalue weighted by Crippen LogP contribution is -2.56. The van der Waals surface area contributed by atoms with Gasteiger partial charge in [0.2, 0.25) is 11.8 Å². The van der Waals surface area contributed by atoms with E-state index in [0.717, 1.165) is 22.3 Å². The standard InChI is InChI=1S/C28H21Br2NO4/c1-15(2)35-26(34)16-9-3-8-14-21(16)31-24(32)22-23(25(31)33)28(30)18-11-5-4-10-17(18)27(22,29)19-12-6-7-13-20(19)28/h3-15,22-23H,1-2H3/t22-,23-,27?,28?/m0/s1. The van der Waals surface area contributed by atoms with Crippen molar-refractivity contribution in [1.82, 2.24) is 0 Å². The number of hydrogen-bond acceptors (Lipinski definition) is 4. The first-order valence-electron chi connectivity index (χ1n) is 11.5. The number of anilines is 1.